The minimum atomic E-state index is -0.464. The number of amides is 1. The monoisotopic (exact) mass is 394 g/mol. The Morgan fingerprint density at radius 3 is 2.62 bits per heavy atom. The number of carbonyl (C=O) groups is 2. The van der Waals surface area contributed by atoms with Gasteiger partial charge < -0.3 is 19.4 Å². The molecular formula is C23H26N2O4. The van der Waals surface area contributed by atoms with Crippen molar-refractivity contribution < 1.29 is 18.7 Å². The Morgan fingerprint density at radius 1 is 1.10 bits per heavy atom. The largest absolute Gasteiger partial charge is 0.460 e. The Hall–Kier alpha value is -3.28. The Morgan fingerprint density at radius 2 is 1.90 bits per heavy atom. The van der Waals surface area contributed by atoms with Crippen molar-refractivity contribution in [3.05, 3.63) is 65.4 Å². The second-order valence-corrected chi connectivity index (χ2v) is 6.71. The van der Waals surface area contributed by atoms with Gasteiger partial charge in [0.05, 0.1) is 6.61 Å². The summed E-state index contributed by atoms with van der Waals surface area (Å²) < 4.78 is 10.9. The molecule has 152 valence electrons. The van der Waals surface area contributed by atoms with E-state index in [2.05, 4.69) is 5.32 Å². The van der Waals surface area contributed by atoms with Crippen molar-refractivity contribution in [3.63, 3.8) is 0 Å². The third-order valence-electron chi connectivity index (χ3n) is 4.76. The molecule has 0 unspecified atom stereocenters. The van der Waals surface area contributed by atoms with E-state index in [1.54, 1.807) is 18.7 Å². The molecule has 2 aromatic carbocycles. The second-order valence-electron chi connectivity index (χ2n) is 6.71. The molecule has 29 heavy (non-hydrogen) atoms. The molecule has 6 heteroatoms. The third-order valence-corrected chi connectivity index (χ3v) is 4.76. The van der Waals surface area contributed by atoms with Gasteiger partial charge in [0, 0.05) is 43.2 Å². The van der Waals surface area contributed by atoms with Crippen LogP contribution >= 0.6 is 0 Å². The normalized spacial score (nSPS) is 10.7. The van der Waals surface area contributed by atoms with E-state index in [0.29, 0.717) is 25.2 Å². The lowest BCUT2D eigenvalue weighted by molar-refractivity contribution is -0.129. The van der Waals surface area contributed by atoms with E-state index in [1.807, 2.05) is 55.5 Å². The van der Waals surface area contributed by atoms with Crippen LogP contribution in [0.1, 0.15) is 42.5 Å². The van der Waals surface area contributed by atoms with Crippen LogP contribution in [-0.2, 0) is 22.6 Å². The average Bonchev–Trinajstić information content (AvgIpc) is 3.09. The van der Waals surface area contributed by atoms with Gasteiger partial charge in [0.1, 0.15) is 5.58 Å². The molecule has 1 heterocycles. The summed E-state index contributed by atoms with van der Waals surface area (Å²) in [5.74, 6) is -0.186. The number of hydrogen-bond acceptors (Lipinski definition) is 5. The van der Waals surface area contributed by atoms with Crippen LogP contribution in [0.5, 0.6) is 0 Å². The number of benzene rings is 2. The molecule has 3 rings (SSSR count). The Balaban J connectivity index is 1.82. The summed E-state index contributed by atoms with van der Waals surface area (Å²) in [6.45, 7) is 7.23. The maximum atomic E-state index is 12.3. The molecule has 0 saturated carbocycles. The van der Waals surface area contributed by atoms with Crippen LogP contribution in [0.2, 0.25) is 0 Å². The van der Waals surface area contributed by atoms with Crippen LogP contribution in [0.25, 0.3) is 11.0 Å². The summed E-state index contributed by atoms with van der Waals surface area (Å²) in [7, 11) is 0. The van der Waals surface area contributed by atoms with Gasteiger partial charge >= 0.3 is 5.97 Å². The Labute approximate surface area is 170 Å². The number of ether oxygens (including phenoxy) is 1. The van der Waals surface area contributed by atoms with E-state index in [0.717, 1.165) is 22.2 Å². The topological polar surface area (TPSA) is 71.8 Å². The van der Waals surface area contributed by atoms with Crippen molar-refractivity contribution in [3.8, 4) is 0 Å². The minimum Gasteiger partial charge on any atom is -0.460 e. The van der Waals surface area contributed by atoms with Crippen molar-refractivity contribution in [2.75, 3.05) is 18.5 Å². The minimum absolute atomic E-state index is 0.0507. The van der Waals surface area contributed by atoms with Gasteiger partial charge in [-0.25, -0.2) is 4.79 Å². The highest BCUT2D eigenvalue weighted by Gasteiger charge is 2.21. The summed E-state index contributed by atoms with van der Waals surface area (Å²) >= 11 is 0. The smallest absolute Gasteiger partial charge is 0.374 e. The summed E-state index contributed by atoms with van der Waals surface area (Å²) in [6, 6.07) is 15.5. The molecule has 0 radical (unpaired) electrons. The molecule has 0 saturated heterocycles. The Bertz CT molecular complexity index is 1010. The number of hydrogen-bond donors (Lipinski definition) is 1. The van der Waals surface area contributed by atoms with Gasteiger partial charge in [0.2, 0.25) is 11.7 Å². The maximum Gasteiger partial charge on any atom is 0.374 e. The van der Waals surface area contributed by atoms with Crippen LogP contribution in [0, 0.1) is 0 Å². The molecule has 1 N–H and O–H groups in total. The zero-order chi connectivity index (χ0) is 20.8. The second kappa shape index (κ2) is 9.28. The fourth-order valence-corrected chi connectivity index (χ4v) is 3.27. The number of furan rings is 1. The lowest BCUT2D eigenvalue weighted by Crippen LogP contribution is -2.27. The standard InChI is InChI=1S/C23H26N2O4/c1-4-25(16(3)26)15-17-9-8-10-18(13-17)24-14-20-19-11-6-7-12-21(19)29-22(20)23(27)28-5-2/h6-13,24H,4-5,14-15H2,1-3H3. The molecule has 6 nitrogen and oxygen atoms in total. The zero-order valence-corrected chi connectivity index (χ0v) is 17.0. The predicted molar refractivity (Wildman–Crippen MR) is 113 cm³/mol. The maximum absolute atomic E-state index is 12.3. The van der Waals surface area contributed by atoms with Crippen molar-refractivity contribution in [2.45, 2.75) is 33.9 Å². The first-order chi connectivity index (χ1) is 14.0. The van der Waals surface area contributed by atoms with Crippen LogP contribution < -0.4 is 5.32 Å². The van der Waals surface area contributed by atoms with Crippen molar-refractivity contribution in [2.24, 2.45) is 0 Å². The summed E-state index contributed by atoms with van der Waals surface area (Å²) in [4.78, 5) is 25.8. The Kier molecular flexibility index (Phi) is 6.54. The van der Waals surface area contributed by atoms with Gasteiger partial charge in [0.25, 0.3) is 0 Å². The van der Waals surface area contributed by atoms with Crippen LogP contribution in [0.4, 0.5) is 5.69 Å². The van der Waals surface area contributed by atoms with E-state index in [-0.39, 0.29) is 18.3 Å². The van der Waals surface area contributed by atoms with Crippen LogP contribution in [0.3, 0.4) is 0 Å². The molecular weight excluding hydrogens is 368 g/mol. The highest BCUT2D eigenvalue weighted by molar-refractivity contribution is 5.96. The lowest BCUT2D eigenvalue weighted by Gasteiger charge is -2.19. The van der Waals surface area contributed by atoms with E-state index < -0.39 is 5.97 Å². The highest BCUT2D eigenvalue weighted by Crippen LogP contribution is 2.27. The van der Waals surface area contributed by atoms with Gasteiger partial charge in [-0.15, -0.1) is 0 Å². The predicted octanol–water partition coefficient (Wildman–Crippen LogP) is 4.59. The number of para-hydroxylation sites is 1. The number of nitrogens with one attached hydrogen (secondary N) is 1. The van der Waals surface area contributed by atoms with Crippen molar-refractivity contribution in [1.82, 2.24) is 4.90 Å². The fraction of sp³-hybridized carbons (Fsp3) is 0.304. The lowest BCUT2D eigenvalue weighted by atomic mass is 10.1. The van der Waals surface area contributed by atoms with Gasteiger partial charge in [-0.05, 0) is 37.6 Å². The number of rotatable bonds is 8. The molecule has 0 atom stereocenters. The zero-order valence-electron chi connectivity index (χ0n) is 17.0. The number of esters is 1. The van der Waals surface area contributed by atoms with Gasteiger partial charge in [-0.3, -0.25) is 4.79 Å². The number of nitrogens with zero attached hydrogens (tertiary/aromatic N) is 1. The molecule has 3 aromatic rings. The van der Waals surface area contributed by atoms with Gasteiger partial charge in [-0.2, -0.15) is 0 Å². The third kappa shape index (κ3) is 4.77. The fourth-order valence-electron chi connectivity index (χ4n) is 3.27. The molecule has 1 amide bonds. The first kappa shape index (κ1) is 20.5. The summed E-state index contributed by atoms with van der Waals surface area (Å²) in [5.41, 5.74) is 3.36. The molecule has 0 spiro atoms. The van der Waals surface area contributed by atoms with Gasteiger partial charge in [-0.1, -0.05) is 30.3 Å². The molecule has 0 fully saturated rings. The van der Waals surface area contributed by atoms with E-state index >= 15 is 0 Å². The summed E-state index contributed by atoms with van der Waals surface area (Å²) in [6.07, 6.45) is 0. The number of anilines is 1. The summed E-state index contributed by atoms with van der Waals surface area (Å²) in [5, 5.41) is 4.25. The van der Waals surface area contributed by atoms with Crippen LogP contribution in [-0.4, -0.2) is 29.9 Å². The average molecular weight is 394 g/mol. The van der Waals surface area contributed by atoms with Crippen LogP contribution in [0.15, 0.2) is 52.9 Å². The van der Waals surface area contributed by atoms with Crippen molar-refractivity contribution in [1.29, 1.82) is 0 Å². The van der Waals surface area contributed by atoms with E-state index in [4.69, 9.17) is 9.15 Å². The van der Waals surface area contributed by atoms with Gasteiger partial charge in [0.15, 0.2) is 0 Å². The molecule has 1 aromatic heterocycles. The van der Waals surface area contributed by atoms with Crippen molar-refractivity contribution >= 4 is 28.5 Å². The number of fused-ring (bicyclic) bond motifs is 1. The quantitative estimate of drug-likeness (QED) is 0.566. The van der Waals surface area contributed by atoms with E-state index in [1.165, 1.54) is 0 Å². The first-order valence-corrected chi connectivity index (χ1v) is 9.79. The molecule has 0 bridgehead atoms. The molecule has 0 aliphatic heterocycles. The number of carbonyl (C=O) groups excluding carboxylic acids is 2. The van der Waals surface area contributed by atoms with E-state index in [9.17, 15) is 9.59 Å². The molecule has 0 aliphatic carbocycles. The molecule has 0 aliphatic rings. The highest BCUT2D eigenvalue weighted by atomic mass is 16.5. The SMILES string of the molecule is CCOC(=O)c1oc2ccccc2c1CNc1cccc(CN(CC)C(C)=O)c1. The first-order valence-electron chi connectivity index (χ1n) is 9.79.